The van der Waals surface area contributed by atoms with E-state index in [1.165, 1.54) is 10.9 Å². The first-order valence-corrected chi connectivity index (χ1v) is 7.06. The molecule has 3 rings (SSSR count). The van der Waals surface area contributed by atoms with Crippen molar-refractivity contribution in [1.29, 1.82) is 0 Å². The molecule has 0 saturated heterocycles. The van der Waals surface area contributed by atoms with Crippen LogP contribution in [0.1, 0.15) is 39.0 Å². The van der Waals surface area contributed by atoms with Crippen LogP contribution in [-0.4, -0.2) is 6.04 Å². The summed E-state index contributed by atoms with van der Waals surface area (Å²) in [6, 6.07) is 8.86. The van der Waals surface area contributed by atoms with Crippen LogP contribution >= 0.6 is 0 Å². The van der Waals surface area contributed by atoms with Crippen molar-refractivity contribution in [3.8, 4) is 0 Å². The topological polar surface area (TPSA) is 25.2 Å². The minimum absolute atomic E-state index is 0.375. The number of fused-ring (bicyclic) bond motifs is 1. The lowest BCUT2D eigenvalue weighted by Crippen LogP contribution is -2.21. The van der Waals surface area contributed by atoms with Gasteiger partial charge in [0, 0.05) is 23.5 Å². The van der Waals surface area contributed by atoms with E-state index in [0.717, 1.165) is 17.9 Å². The number of rotatable bonds is 3. The lowest BCUT2D eigenvalue weighted by molar-refractivity contribution is 0.457. The summed E-state index contributed by atoms with van der Waals surface area (Å²) in [6.45, 7) is 12.3. The fourth-order valence-corrected chi connectivity index (χ4v) is 3.35. The Bertz CT molecular complexity index is 607. The molecule has 1 aliphatic rings. The zero-order valence-electron chi connectivity index (χ0n) is 12.5. The van der Waals surface area contributed by atoms with Crippen LogP contribution in [0.25, 0.3) is 11.0 Å². The lowest BCUT2D eigenvalue weighted by Gasteiger charge is -2.06. The van der Waals surface area contributed by atoms with E-state index in [2.05, 4.69) is 52.1 Å². The van der Waals surface area contributed by atoms with Gasteiger partial charge in [-0.25, -0.2) is 0 Å². The summed E-state index contributed by atoms with van der Waals surface area (Å²) in [6.07, 6.45) is 0. The second-order valence-corrected chi connectivity index (χ2v) is 6.89. The Kier molecular flexibility index (Phi) is 2.59. The van der Waals surface area contributed by atoms with E-state index >= 15 is 0 Å². The monoisotopic (exact) mass is 257 g/mol. The van der Waals surface area contributed by atoms with Crippen molar-refractivity contribution < 1.29 is 4.42 Å². The van der Waals surface area contributed by atoms with E-state index in [9.17, 15) is 0 Å². The minimum Gasteiger partial charge on any atom is -0.461 e. The molecule has 0 unspecified atom stereocenters. The molecule has 0 aliphatic heterocycles. The van der Waals surface area contributed by atoms with Gasteiger partial charge in [-0.3, -0.25) is 0 Å². The number of nitrogens with one attached hydrogen (secondary N) is 1. The van der Waals surface area contributed by atoms with Gasteiger partial charge >= 0.3 is 0 Å². The van der Waals surface area contributed by atoms with E-state index < -0.39 is 0 Å². The maximum Gasteiger partial charge on any atom is 0.134 e. The van der Waals surface area contributed by atoms with Crippen molar-refractivity contribution in [2.24, 2.45) is 10.8 Å². The summed E-state index contributed by atoms with van der Waals surface area (Å²) >= 11 is 0. The Morgan fingerprint density at radius 1 is 1.11 bits per heavy atom. The van der Waals surface area contributed by atoms with Crippen LogP contribution in [-0.2, 0) is 6.54 Å². The molecule has 0 amide bonds. The molecule has 1 aliphatic carbocycles. The highest BCUT2D eigenvalue weighted by Crippen LogP contribution is 2.62. The fraction of sp³-hybridized carbons (Fsp3) is 0.529. The molecule has 102 valence electrons. The van der Waals surface area contributed by atoms with Crippen molar-refractivity contribution in [1.82, 2.24) is 5.32 Å². The molecule has 0 atom stereocenters. The summed E-state index contributed by atoms with van der Waals surface area (Å²) < 4.78 is 5.82. The van der Waals surface area contributed by atoms with Gasteiger partial charge in [0.25, 0.3) is 0 Å². The molecular weight excluding hydrogens is 234 g/mol. The number of hydrogen-bond acceptors (Lipinski definition) is 2. The molecule has 2 aromatic rings. The molecule has 2 heteroatoms. The first-order valence-electron chi connectivity index (χ1n) is 7.06. The number of benzene rings is 1. The zero-order valence-corrected chi connectivity index (χ0v) is 12.5. The van der Waals surface area contributed by atoms with Crippen molar-refractivity contribution in [2.45, 2.75) is 47.2 Å². The summed E-state index contributed by atoms with van der Waals surface area (Å²) in [5.41, 5.74) is 3.04. The van der Waals surface area contributed by atoms with Crippen LogP contribution in [0.4, 0.5) is 0 Å². The third-order valence-electron chi connectivity index (χ3n) is 5.40. The zero-order chi connectivity index (χ0) is 13.8. The molecule has 19 heavy (non-hydrogen) atoms. The molecule has 1 fully saturated rings. The van der Waals surface area contributed by atoms with Gasteiger partial charge in [-0.05, 0) is 23.8 Å². The third kappa shape index (κ3) is 1.73. The Morgan fingerprint density at radius 2 is 1.74 bits per heavy atom. The number of hydrogen-bond donors (Lipinski definition) is 1. The predicted octanol–water partition coefficient (Wildman–Crippen LogP) is 4.27. The van der Waals surface area contributed by atoms with Crippen LogP contribution in [0.15, 0.2) is 28.7 Å². The van der Waals surface area contributed by atoms with E-state index in [0.29, 0.717) is 16.9 Å². The van der Waals surface area contributed by atoms with Gasteiger partial charge in [0.05, 0.1) is 0 Å². The second kappa shape index (κ2) is 3.86. The van der Waals surface area contributed by atoms with Gasteiger partial charge in [-0.2, -0.15) is 0 Å². The Labute approximate surface area is 115 Å². The van der Waals surface area contributed by atoms with Crippen LogP contribution in [0, 0.1) is 17.8 Å². The van der Waals surface area contributed by atoms with Crippen molar-refractivity contribution >= 4 is 11.0 Å². The highest BCUT2D eigenvalue weighted by Gasteiger charge is 2.64. The quantitative estimate of drug-likeness (QED) is 0.888. The number of furan rings is 1. The SMILES string of the molecule is Cc1oc2ccccc2c1CNC1C(C)(C)C1(C)C. The fourth-order valence-electron chi connectivity index (χ4n) is 3.35. The Balaban J connectivity index is 1.82. The number of aryl methyl sites for hydroxylation is 1. The molecule has 2 nitrogen and oxygen atoms in total. The molecule has 1 aromatic carbocycles. The normalized spacial score (nSPS) is 20.9. The molecule has 0 spiro atoms. The van der Waals surface area contributed by atoms with Crippen LogP contribution in [0.2, 0.25) is 0 Å². The van der Waals surface area contributed by atoms with Crippen molar-refractivity contribution in [2.75, 3.05) is 0 Å². The average Bonchev–Trinajstić information content (AvgIpc) is 2.63. The summed E-state index contributed by atoms with van der Waals surface area (Å²) in [5, 5.41) is 4.95. The van der Waals surface area contributed by atoms with Gasteiger partial charge in [0.2, 0.25) is 0 Å². The van der Waals surface area contributed by atoms with Crippen LogP contribution in [0.3, 0.4) is 0 Å². The smallest absolute Gasteiger partial charge is 0.134 e. The molecule has 0 bridgehead atoms. The maximum absolute atomic E-state index is 5.82. The Morgan fingerprint density at radius 3 is 2.37 bits per heavy atom. The highest BCUT2D eigenvalue weighted by molar-refractivity contribution is 5.82. The summed E-state index contributed by atoms with van der Waals surface area (Å²) in [4.78, 5) is 0. The van der Waals surface area contributed by atoms with Gasteiger partial charge < -0.3 is 9.73 Å². The van der Waals surface area contributed by atoms with Gasteiger partial charge in [-0.15, -0.1) is 0 Å². The van der Waals surface area contributed by atoms with Crippen molar-refractivity contribution in [3.05, 3.63) is 35.6 Å². The van der Waals surface area contributed by atoms with Crippen molar-refractivity contribution in [3.63, 3.8) is 0 Å². The van der Waals surface area contributed by atoms with Gasteiger partial charge in [0.1, 0.15) is 11.3 Å². The second-order valence-electron chi connectivity index (χ2n) is 6.89. The first kappa shape index (κ1) is 12.7. The average molecular weight is 257 g/mol. The molecular formula is C17H23NO. The largest absolute Gasteiger partial charge is 0.461 e. The van der Waals surface area contributed by atoms with E-state index in [4.69, 9.17) is 4.42 Å². The maximum atomic E-state index is 5.82. The molecule has 1 saturated carbocycles. The van der Waals surface area contributed by atoms with E-state index in [1.54, 1.807) is 0 Å². The van der Waals surface area contributed by atoms with Gasteiger partial charge in [-0.1, -0.05) is 45.9 Å². The summed E-state index contributed by atoms with van der Waals surface area (Å²) in [5.74, 6) is 1.03. The van der Waals surface area contributed by atoms with E-state index in [1.807, 2.05) is 12.1 Å². The van der Waals surface area contributed by atoms with Gasteiger partial charge in [0.15, 0.2) is 0 Å². The summed E-state index contributed by atoms with van der Waals surface area (Å²) in [7, 11) is 0. The molecule has 1 N–H and O–H groups in total. The lowest BCUT2D eigenvalue weighted by atomic mass is 10.0. The minimum atomic E-state index is 0.375. The molecule has 1 heterocycles. The molecule has 1 aromatic heterocycles. The standard InChI is InChI=1S/C17H23NO/c1-11-13(12-8-6-7-9-14(12)19-11)10-18-15-16(2,3)17(15,4)5/h6-9,15,18H,10H2,1-5H3. The third-order valence-corrected chi connectivity index (χ3v) is 5.40. The Hall–Kier alpha value is -1.28. The first-order chi connectivity index (χ1) is 8.85. The molecule has 0 radical (unpaired) electrons. The number of para-hydroxylation sites is 1. The highest BCUT2D eigenvalue weighted by atomic mass is 16.3. The van der Waals surface area contributed by atoms with Crippen LogP contribution in [0.5, 0.6) is 0 Å². The van der Waals surface area contributed by atoms with E-state index in [-0.39, 0.29) is 0 Å². The van der Waals surface area contributed by atoms with Crippen LogP contribution < -0.4 is 5.32 Å². The predicted molar refractivity (Wildman–Crippen MR) is 79.1 cm³/mol.